The molecule has 0 radical (unpaired) electrons. The SMILES string of the molecule is Cc1cccc2c(C(=O)N[C@H]3CC[C@H](c4n[nH]c(=O)c5ccccc54)CC3)cnn12. The van der Waals surface area contributed by atoms with Gasteiger partial charge in [-0.1, -0.05) is 24.3 Å². The summed E-state index contributed by atoms with van der Waals surface area (Å²) in [6.45, 7) is 1.97. The second-order valence-electron chi connectivity index (χ2n) is 8.03. The van der Waals surface area contributed by atoms with E-state index >= 15 is 0 Å². The standard InChI is InChI=1S/C23H23N5O2/c1-14-5-4-8-20-19(13-24-28(14)20)22(29)25-16-11-9-15(10-12-16)21-17-6-2-3-7-18(17)23(30)27-26-21/h2-8,13,15-16H,9-12H2,1H3,(H,25,29)(H,27,30)/t15-,16-. The van der Waals surface area contributed by atoms with E-state index in [1.165, 1.54) is 0 Å². The number of hydrogen-bond acceptors (Lipinski definition) is 4. The van der Waals surface area contributed by atoms with E-state index in [1.807, 2.05) is 49.4 Å². The lowest BCUT2D eigenvalue weighted by Gasteiger charge is -2.29. The lowest BCUT2D eigenvalue weighted by atomic mass is 9.82. The van der Waals surface area contributed by atoms with Gasteiger partial charge in [-0.2, -0.15) is 10.2 Å². The number of benzene rings is 1. The lowest BCUT2D eigenvalue weighted by Crippen LogP contribution is -2.37. The summed E-state index contributed by atoms with van der Waals surface area (Å²) in [6, 6.07) is 13.6. The Labute approximate surface area is 173 Å². The van der Waals surface area contributed by atoms with Gasteiger partial charge in [-0.15, -0.1) is 0 Å². The third-order valence-corrected chi connectivity index (χ3v) is 6.15. The number of aryl methyl sites for hydroxylation is 1. The van der Waals surface area contributed by atoms with Crippen LogP contribution in [0.1, 0.15) is 53.3 Å². The van der Waals surface area contributed by atoms with Gasteiger partial charge in [0, 0.05) is 23.0 Å². The molecule has 0 bridgehead atoms. The molecule has 0 atom stereocenters. The van der Waals surface area contributed by atoms with Gasteiger partial charge in [0.05, 0.1) is 28.4 Å². The molecule has 3 heterocycles. The number of carbonyl (C=O) groups is 1. The first kappa shape index (κ1) is 18.5. The van der Waals surface area contributed by atoms with Gasteiger partial charge in [-0.3, -0.25) is 9.59 Å². The van der Waals surface area contributed by atoms with Crippen LogP contribution in [-0.4, -0.2) is 31.8 Å². The molecule has 1 aliphatic rings. The zero-order valence-electron chi connectivity index (χ0n) is 16.8. The number of aromatic amines is 1. The van der Waals surface area contributed by atoms with E-state index in [0.717, 1.165) is 48.0 Å². The number of aromatic nitrogens is 4. The van der Waals surface area contributed by atoms with Crippen molar-refractivity contribution in [2.24, 2.45) is 0 Å². The molecule has 1 amide bonds. The number of nitrogens with zero attached hydrogens (tertiary/aromatic N) is 3. The van der Waals surface area contributed by atoms with Gasteiger partial charge in [0.2, 0.25) is 0 Å². The largest absolute Gasteiger partial charge is 0.349 e. The maximum Gasteiger partial charge on any atom is 0.272 e. The van der Waals surface area contributed by atoms with Crippen molar-refractivity contribution in [3.63, 3.8) is 0 Å². The van der Waals surface area contributed by atoms with Gasteiger partial charge in [-0.05, 0) is 50.8 Å². The average molecular weight is 401 g/mol. The van der Waals surface area contributed by atoms with Gasteiger partial charge < -0.3 is 5.32 Å². The molecule has 0 aliphatic heterocycles. The molecule has 0 saturated heterocycles. The Morgan fingerprint density at radius 2 is 1.83 bits per heavy atom. The molecule has 0 unspecified atom stereocenters. The number of H-pyrrole nitrogens is 1. The van der Waals surface area contributed by atoms with Gasteiger partial charge in [0.15, 0.2) is 0 Å². The monoisotopic (exact) mass is 401 g/mol. The topological polar surface area (TPSA) is 92.1 Å². The Hall–Kier alpha value is -3.48. The third kappa shape index (κ3) is 3.16. The molecule has 4 aromatic rings. The lowest BCUT2D eigenvalue weighted by molar-refractivity contribution is 0.0927. The predicted octanol–water partition coefficient (Wildman–Crippen LogP) is 3.34. The molecule has 1 aromatic carbocycles. The summed E-state index contributed by atoms with van der Waals surface area (Å²) in [5.74, 6) is 0.200. The molecular formula is C23H23N5O2. The first-order valence-electron chi connectivity index (χ1n) is 10.3. The highest BCUT2D eigenvalue weighted by molar-refractivity contribution is 6.00. The second kappa shape index (κ2) is 7.40. The van der Waals surface area contributed by atoms with Gasteiger partial charge in [0.25, 0.3) is 11.5 Å². The van der Waals surface area contributed by atoms with Gasteiger partial charge in [-0.25, -0.2) is 9.61 Å². The fourth-order valence-electron chi connectivity index (χ4n) is 4.54. The predicted molar refractivity (Wildman–Crippen MR) is 115 cm³/mol. The summed E-state index contributed by atoms with van der Waals surface area (Å²) < 4.78 is 1.79. The number of hydrogen-bond donors (Lipinski definition) is 2. The van der Waals surface area contributed by atoms with Crippen molar-refractivity contribution in [3.8, 4) is 0 Å². The first-order valence-corrected chi connectivity index (χ1v) is 10.3. The van der Waals surface area contributed by atoms with E-state index in [2.05, 4.69) is 20.6 Å². The van der Waals surface area contributed by atoms with Crippen molar-refractivity contribution in [1.82, 2.24) is 25.1 Å². The molecule has 7 heteroatoms. The molecule has 5 rings (SSSR count). The molecule has 1 fully saturated rings. The molecule has 1 saturated carbocycles. The van der Waals surface area contributed by atoms with Crippen LogP contribution in [-0.2, 0) is 0 Å². The fraction of sp³-hybridized carbons (Fsp3) is 0.304. The van der Waals surface area contributed by atoms with Crippen molar-refractivity contribution in [2.45, 2.75) is 44.6 Å². The van der Waals surface area contributed by atoms with Crippen molar-refractivity contribution in [1.29, 1.82) is 0 Å². The van der Waals surface area contributed by atoms with Crippen LogP contribution in [0.3, 0.4) is 0 Å². The Kier molecular flexibility index (Phi) is 4.58. The van der Waals surface area contributed by atoms with E-state index < -0.39 is 0 Å². The Morgan fingerprint density at radius 1 is 1.07 bits per heavy atom. The Bertz CT molecular complexity index is 1300. The molecule has 1 aliphatic carbocycles. The van der Waals surface area contributed by atoms with Crippen molar-refractivity contribution in [3.05, 3.63) is 76.0 Å². The van der Waals surface area contributed by atoms with E-state index in [4.69, 9.17) is 0 Å². The highest BCUT2D eigenvalue weighted by atomic mass is 16.1. The number of pyridine rings is 1. The summed E-state index contributed by atoms with van der Waals surface area (Å²) >= 11 is 0. The molecule has 3 aromatic heterocycles. The first-order chi connectivity index (χ1) is 14.6. The molecule has 152 valence electrons. The number of nitrogens with one attached hydrogen (secondary N) is 2. The minimum atomic E-state index is -0.154. The van der Waals surface area contributed by atoms with Crippen LogP contribution < -0.4 is 10.9 Å². The number of carbonyl (C=O) groups excluding carboxylic acids is 1. The third-order valence-electron chi connectivity index (χ3n) is 6.15. The quantitative estimate of drug-likeness (QED) is 0.551. The normalized spacial score (nSPS) is 19.2. The van der Waals surface area contributed by atoms with Crippen LogP contribution in [0.4, 0.5) is 0 Å². The highest BCUT2D eigenvalue weighted by Gasteiger charge is 2.27. The molecule has 0 spiro atoms. The number of amides is 1. The second-order valence-corrected chi connectivity index (χ2v) is 8.03. The summed E-state index contributed by atoms with van der Waals surface area (Å²) in [5, 5.41) is 16.1. The Balaban J connectivity index is 1.30. The van der Waals surface area contributed by atoms with Crippen molar-refractivity contribution < 1.29 is 4.79 Å². The molecule has 7 nitrogen and oxygen atoms in total. The maximum atomic E-state index is 12.8. The van der Waals surface area contributed by atoms with Crippen LogP contribution >= 0.6 is 0 Å². The highest BCUT2D eigenvalue weighted by Crippen LogP contribution is 2.34. The summed E-state index contributed by atoms with van der Waals surface area (Å²) in [6.07, 6.45) is 5.23. The smallest absolute Gasteiger partial charge is 0.272 e. The van der Waals surface area contributed by atoms with Crippen molar-refractivity contribution in [2.75, 3.05) is 0 Å². The van der Waals surface area contributed by atoms with Crippen LogP contribution in [0.2, 0.25) is 0 Å². The van der Waals surface area contributed by atoms with Crippen LogP contribution in [0.15, 0.2) is 53.5 Å². The fourth-order valence-corrected chi connectivity index (χ4v) is 4.54. The summed E-state index contributed by atoms with van der Waals surface area (Å²) in [5.41, 5.74) is 3.22. The molecule has 2 N–H and O–H groups in total. The van der Waals surface area contributed by atoms with Crippen LogP contribution in [0.25, 0.3) is 16.3 Å². The van der Waals surface area contributed by atoms with E-state index in [0.29, 0.717) is 10.9 Å². The zero-order valence-corrected chi connectivity index (χ0v) is 16.8. The van der Waals surface area contributed by atoms with Crippen molar-refractivity contribution >= 4 is 22.2 Å². The number of rotatable bonds is 3. The maximum absolute atomic E-state index is 12.8. The zero-order chi connectivity index (χ0) is 20.7. The molecular weight excluding hydrogens is 378 g/mol. The minimum absolute atomic E-state index is 0.0772. The van der Waals surface area contributed by atoms with E-state index in [-0.39, 0.29) is 23.4 Å². The van der Waals surface area contributed by atoms with E-state index in [9.17, 15) is 9.59 Å². The van der Waals surface area contributed by atoms with Gasteiger partial charge in [0.1, 0.15) is 0 Å². The Morgan fingerprint density at radius 3 is 2.63 bits per heavy atom. The number of fused-ring (bicyclic) bond motifs is 2. The van der Waals surface area contributed by atoms with Gasteiger partial charge >= 0.3 is 0 Å². The van der Waals surface area contributed by atoms with Crippen LogP contribution in [0, 0.1) is 6.92 Å². The van der Waals surface area contributed by atoms with E-state index in [1.54, 1.807) is 10.7 Å². The molecule has 30 heavy (non-hydrogen) atoms. The van der Waals surface area contributed by atoms with Crippen LogP contribution in [0.5, 0.6) is 0 Å². The summed E-state index contributed by atoms with van der Waals surface area (Å²) in [7, 11) is 0. The average Bonchev–Trinajstić information content (AvgIpc) is 3.21. The summed E-state index contributed by atoms with van der Waals surface area (Å²) in [4.78, 5) is 24.9. The minimum Gasteiger partial charge on any atom is -0.349 e.